The van der Waals surface area contributed by atoms with E-state index in [1.807, 2.05) is 24.3 Å². The lowest BCUT2D eigenvalue weighted by Gasteiger charge is -2.47. The van der Waals surface area contributed by atoms with Gasteiger partial charge in [0.1, 0.15) is 18.1 Å². The van der Waals surface area contributed by atoms with Crippen molar-refractivity contribution < 1.29 is 53.4 Å². The smallest absolute Gasteiger partial charge is 0.340 e. The first-order valence-electron chi connectivity index (χ1n) is 27.3. The predicted molar refractivity (Wildman–Crippen MR) is 291 cm³/mol. The molecule has 4 aliphatic rings. The highest BCUT2D eigenvalue weighted by Crippen LogP contribution is 2.52. The van der Waals surface area contributed by atoms with Crippen molar-refractivity contribution in [3.8, 4) is 17.6 Å². The number of aliphatic hydroxyl groups excluding tert-OH is 4. The summed E-state index contributed by atoms with van der Waals surface area (Å²) >= 11 is 0. The highest BCUT2D eigenvalue weighted by atomic mass is 16.6. The number of aliphatic hydroxyl groups is 4. The lowest BCUT2D eigenvalue weighted by Crippen LogP contribution is -2.56. The topological polar surface area (TPSA) is 182 Å². The molecule has 4 heterocycles. The third kappa shape index (κ3) is 11.6. The summed E-state index contributed by atoms with van der Waals surface area (Å²) in [5, 5.41) is 41.7. The molecule has 1 saturated carbocycles. The number of carbonyl (C=O) groups excluding carboxylic acids is 2. The molecule has 6 aromatic rings. The van der Waals surface area contributed by atoms with Crippen LogP contribution in [0.15, 0.2) is 136 Å². The van der Waals surface area contributed by atoms with E-state index in [0.29, 0.717) is 49.5 Å². The van der Waals surface area contributed by atoms with Gasteiger partial charge in [0.25, 0.3) is 0 Å². The highest BCUT2D eigenvalue weighted by Gasteiger charge is 2.55. The quantitative estimate of drug-likeness (QED) is 0.0252. The van der Waals surface area contributed by atoms with Gasteiger partial charge in [0.05, 0.1) is 31.8 Å². The normalized spacial score (nSPS) is 23.2. The molecule has 77 heavy (non-hydrogen) atoms. The van der Waals surface area contributed by atoms with Gasteiger partial charge in [-0.15, -0.1) is 0 Å². The molecule has 10 rings (SSSR count). The maximum atomic E-state index is 15.5. The minimum Gasteiger partial charge on any atom is -0.482 e. The first-order valence-corrected chi connectivity index (χ1v) is 27.3. The molecule has 0 amide bonds. The Labute approximate surface area is 449 Å². The zero-order valence-electron chi connectivity index (χ0n) is 43.7. The summed E-state index contributed by atoms with van der Waals surface area (Å²) in [6.07, 6.45) is 3.27. The second-order valence-corrected chi connectivity index (χ2v) is 21.4. The lowest BCUT2D eigenvalue weighted by molar-refractivity contribution is -0.194. The minimum absolute atomic E-state index is 0.0150. The van der Waals surface area contributed by atoms with Gasteiger partial charge in [0.2, 0.25) is 0 Å². The monoisotopic (exact) mass is 1040 g/mol. The van der Waals surface area contributed by atoms with Crippen molar-refractivity contribution in [2.45, 2.75) is 133 Å². The number of fused-ring (bicyclic) bond motifs is 9. The summed E-state index contributed by atoms with van der Waals surface area (Å²) in [7, 11) is 0. The molecule has 12 nitrogen and oxygen atoms in total. The van der Waals surface area contributed by atoms with Crippen LogP contribution in [0.1, 0.15) is 144 Å². The second-order valence-electron chi connectivity index (χ2n) is 21.4. The van der Waals surface area contributed by atoms with E-state index in [2.05, 4.69) is 90.7 Å². The standard InChI is InChI=1S/C65H68O12/c1-41(37-67)51-23-20-44-21-24-52-48(33-44)18-8-9-29-65(30-11-17-42-12-4-2-5-13-42)62(76-63(51)71)61(59-56(77-65)27-26-54-55(38-68)58(64(72)75-60(54)59)49(28-31-66)39-73-40-69)74-57(70)36-50-35-47(22-25-53(50)52)46-19-10-16-45(34-46)32-43-14-6-3-7-15-43/h2-7,10,12-16,19,21,24,26-27,33-34,47,49-50,53,61-62,66-69H,11,17-18,20,22-23,25,28-32,35-40H2,1H3. The molecule has 1 fully saturated rings. The van der Waals surface area contributed by atoms with Crippen LogP contribution in [-0.2, 0) is 56.1 Å². The van der Waals surface area contributed by atoms with Crippen LogP contribution in [0.2, 0.25) is 0 Å². The van der Waals surface area contributed by atoms with Crippen molar-refractivity contribution in [2.24, 2.45) is 5.92 Å². The first kappa shape index (κ1) is 53.5. The molecule has 5 bridgehead atoms. The third-order valence-corrected chi connectivity index (χ3v) is 16.6. The molecule has 0 saturated heterocycles. The van der Waals surface area contributed by atoms with E-state index >= 15 is 9.59 Å². The van der Waals surface area contributed by atoms with Crippen LogP contribution in [0, 0.1) is 17.8 Å². The Bertz CT molecular complexity index is 3240. The second kappa shape index (κ2) is 24.2. The molecule has 400 valence electrons. The molecule has 5 aromatic carbocycles. The summed E-state index contributed by atoms with van der Waals surface area (Å²) in [4.78, 5) is 45.2. The largest absolute Gasteiger partial charge is 0.482 e. The van der Waals surface area contributed by atoms with Gasteiger partial charge >= 0.3 is 17.6 Å². The molecule has 0 radical (unpaired) electrons. The van der Waals surface area contributed by atoms with Crippen LogP contribution in [-0.4, -0.2) is 70.7 Å². The van der Waals surface area contributed by atoms with E-state index < -0.39 is 61.3 Å². The van der Waals surface area contributed by atoms with Gasteiger partial charge in [0, 0.05) is 41.9 Å². The maximum absolute atomic E-state index is 15.5. The van der Waals surface area contributed by atoms with Crippen molar-refractivity contribution >= 4 is 22.9 Å². The summed E-state index contributed by atoms with van der Waals surface area (Å²) < 4.78 is 32.7. The van der Waals surface area contributed by atoms with E-state index in [1.165, 1.54) is 16.7 Å². The number of aryl methyl sites for hydroxylation is 2. The number of hydrogen-bond donors (Lipinski definition) is 4. The van der Waals surface area contributed by atoms with Crippen molar-refractivity contribution in [2.75, 3.05) is 26.6 Å². The average molecular weight is 1040 g/mol. The van der Waals surface area contributed by atoms with Crippen LogP contribution >= 0.6 is 0 Å². The number of carbonyl (C=O) groups is 2. The van der Waals surface area contributed by atoms with Crippen LogP contribution < -0.4 is 10.4 Å². The van der Waals surface area contributed by atoms with Crippen LogP contribution in [0.5, 0.6) is 5.75 Å². The minimum atomic E-state index is -1.43. The molecule has 7 atom stereocenters. The fourth-order valence-corrected chi connectivity index (χ4v) is 12.7. The Kier molecular flexibility index (Phi) is 16.8. The molecule has 12 heteroatoms. The van der Waals surface area contributed by atoms with Gasteiger partial charge in [-0.3, -0.25) is 4.79 Å². The Hall–Kier alpha value is -6.85. The first-order chi connectivity index (χ1) is 37.6. The molecule has 4 N–H and O–H groups in total. The summed E-state index contributed by atoms with van der Waals surface area (Å²) in [5.74, 6) is 5.22. The fourth-order valence-electron chi connectivity index (χ4n) is 12.7. The van der Waals surface area contributed by atoms with Crippen LogP contribution in [0.4, 0.5) is 0 Å². The van der Waals surface area contributed by atoms with Gasteiger partial charge in [0.15, 0.2) is 17.8 Å². The van der Waals surface area contributed by atoms with Gasteiger partial charge in [-0.05, 0) is 151 Å². The lowest BCUT2D eigenvalue weighted by atomic mass is 9.67. The Morgan fingerprint density at radius 2 is 1.62 bits per heavy atom. The van der Waals surface area contributed by atoms with Gasteiger partial charge in [-0.25, -0.2) is 9.59 Å². The van der Waals surface area contributed by atoms with Crippen molar-refractivity contribution in [3.63, 3.8) is 0 Å². The molecule has 7 unspecified atom stereocenters. The number of hydrogen-bond acceptors (Lipinski definition) is 12. The fraction of sp³-hybridized carbons (Fsp3) is 0.400. The van der Waals surface area contributed by atoms with Crippen molar-refractivity contribution in [3.05, 3.63) is 192 Å². The Morgan fingerprint density at radius 1 is 0.831 bits per heavy atom. The molecular weight excluding hydrogens is 973 g/mol. The number of rotatable bonds is 15. The van der Waals surface area contributed by atoms with Gasteiger partial charge in [-0.1, -0.05) is 115 Å². The third-order valence-electron chi connectivity index (χ3n) is 16.6. The van der Waals surface area contributed by atoms with Crippen LogP contribution in [0.3, 0.4) is 0 Å². The summed E-state index contributed by atoms with van der Waals surface area (Å²) in [6.45, 7) is -0.391. The SMILES string of the molecule is CC(CO)=C1CCc2ccc3c(c2)CC#CCC2(CCCc4ccccc4)Oc4ccc5c(CO)c(C(CCO)COCO)c(=O)oc5c4C(OC(=O)CC4CC(c5cccc(Cc6ccccc6)c5)CCC34)C2OC1=O. The number of ether oxygens (including phenoxy) is 4. The van der Waals surface area contributed by atoms with Gasteiger partial charge < -0.3 is 43.8 Å². The zero-order chi connectivity index (χ0) is 53.5. The van der Waals surface area contributed by atoms with E-state index in [-0.39, 0.29) is 90.2 Å². The van der Waals surface area contributed by atoms with Gasteiger partial charge in [-0.2, -0.15) is 0 Å². The molecule has 3 aliphatic heterocycles. The van der Waals surface area contributed by atoms with E-state index in [1.54, 1.807) is 19.1 Å². The summed E-state index contributed by atoms with van der Waals surface area (Å²) in [5.41, 5.74) is 6.86. The molecular formula is C65H68O12. The molecule has 0 spiro atoms. The highest BCUT2D eigenvalue weighted by molar-refractivity contribution is 5.90. The molecule has 1 aliphatic carbocycles. The predicted octanol–water partition coefficient (Wildman–Crippen LogP) is 9.92. The number of benzene rings is 5. The van der Waals surface area contributed by atoms with Crippen molar-refractivity contribution in [1.29, 1.82) is 0 Å². The van der Waals surface area contributed by atoms with E-state index in [4.69, 9.17) is 23.4 Å². The van der Waals surface area contributed by atoms with Crippen LogP contribution in [0.25, 0.3) is 11.0 Å². The average Bonchev–Trinajstić information content (AvgIpc) is 3.59. The van der Waals surface area contributed by atoms with E-state index in [0.717, 1.165) is 41.5 Å². The Morgan fingerprint density at radius 3 is 2.39 bits per heavy atom. The van der Waals surface area contributed by atoms with Crippen molar-refractivity contribution in [1.82, 2.24) is 0 Å². The number of esters is 2. The Balaban J connectivity index is 1.15. The summed E-state index contributed by atoms with van der Waals surface area (Å²) in [6, 6.07) is 39.2. The zero-order valence-corrected chi connectivity index (χ0v) is 43.7. The maximum Gasteiger partial charge on any atom is 0.340 e. The molecule has 1 aromatic heterocycles. The van der Waals surface area contributed by atoms with E-state index in [9.17, 15) is 25.2 Å².